The van der Waals surface area contributed by atoms with Crippen LogP contribution in [0, 0.1) is 19.1 Å². The predicted octanol–water partition coefficient (Wildman–Crippen LogP) is 5.62. The number of halogens is 4. The second kappa shape index (κ2) is 10.9. The lowest BCUT2D eigenvalue weighted by Crippen LogP contribution is -2.45. The van der Waals surface area contributed by atoms with Gasteiger partial charge in [-0.3, -0.25) is 14.6 Å². The van der Waals surface area contributed by atoms with E-state index in [1.165, 1.54) is 24.3 Å². The summed E-state index contributed by atoms with van der Waals surface area (Å²) in [5.41, 5.74) is 5.38. The molecule has 2 heterocycles. The second-order valence-electron chi connectivity index (χ2n) is 9.81. The molecule has 3 aromatic rings. The van der Waals surface area contributed by atoms with Crippen molar-refractivity contribution in [1.29, 1.82) is 0 Å². The normalized spacial score (nSPS) is 16.4. The van der Waals surface area contributed by atoms with Crippen molar-refractivity contribution in [3.63, 3.8) is 0 Å². The van der Waals surface area contributed by atoms with Crippen LogP contribution in [0.3, 0.4) is 0 Å². The number of benzene rings is 2. The Bertz CT molecular complexity index is 1290. The molecule has 5 nitrogen and oxygen atoms in total. The molecule has 38 heavy (non-hydrogen) atoms. The van der Waals surface area contributed by atoms with Gasteiger partial charge in [-0.1, -0.05) is 41.9 Å². The topological polar surface area (TPSA) is 36.0 Å². The molecule has 1 fully saturated rings. The van der Waals surface area contributed by atoms with Crippen LogP contribution in [0.5, 0.6) is 5.75 Å². The zero-order valence-corrected chi connectivity index (χ0v) is 21.7. The molecule has 0 unspecified atom stereocenters. The van der Waals surface area contributed by atoms with Gasteiger partial charge in [-0.15, -0.1) is 13.2 Å². The number of ether oxygens (including phenoxy) is 1. The summed E-state index contributed by atoms with van der Waals surface area (Å²) in [6, 6.07) is 20.0. The molecular formula is C29H27ClF3N3O2. The fraction of sp³-hybridized carbons (Fsp3) is 0.345. The van der Waals surface area contributed by atoms with Crippen molar-refractivity contribution >= 4 is 17.5 Å². The Morgan fingerprint density at radius 2 is 1.58 bits per heavy atom. The molecule has 2 aliphatic heterocycles. The van der Waals surface area contributed by atoms with Gasteiger partial charge in [-0.05, 0) is 59.5 Å². The highest BCUT2D eigenvalue weighted by Crippen LogP contribution is 2.32. The molecule has 2 aliphatic rings. The van der Waals surface area contributed by atoms with E-state index in [9.17, 15) is 18.0 Å². The minimum absolute atomic E-state index is 0.175. The number of nitrogens with zero attached hydrogens (tertiary/aromatic N) is 3. The summed E-state index contributed by atoms with van der Waals surface area (Å²) in [7, 11) is 0. The minimum Gasteiger partial charge on any atom is -0.406 e. The van der Waals surface area contributed by atoms with E-state index in [1.54, 1.807) is 4.90 Å². The number of piperazine rings is 1. The number of hydrogen-bond donors (Lipinski definition) is 0. The van der Waals surface area contributed by atoms with Gasteiger partial charge in [0.15, 0.2) is 0 Å². The quantitative estimate of drug-likeness (QED) is 0.389. The summed E-state index contributed by atoms with van der Waals surface area (Å²) in [5.74, 6) is -0.469. The van der Waals surface area contributed by atoms with E-state index in [-0.39, 0.29) is 18.2 Å². The molecule has 0 aliphatic carbocycles. The Balaban J connectivity index is 1.17. The Morgan fingerprint density at radius 1 is 0.895 bits per heavy atom. The first-order valence-corrected chi connectivity index (χ1v) is 12.8. The second-order valence-corrected chi connectivity index (χ2v) is 10.2. The SMILES string of the molecule is Cc1c#cc(CN2CCN(Cc3cc(Cl)c4c(c3)CN(Cc3ccc(OC(F)(F)F)cc3)C4=O)CC2)cc1. The maximum absolute atomic E-state index is 13.0. The smallest absolute Gasteiger partial charge is 0.406 e. The molecule has 5 rings (SSSR count). The summed E-state index contributed by atoms with van der Waals surface area (Å²) in [6.07, 6.45) is -4.74. The molecule has 0 radical (unpaired) electrons. The van der Waals surface area contributed by atoms with E-state index < -0.39 is 6.36 Å². The van der Waals surface area contributed by atoms with Crippen LogP contribution in [-0.2, 0) is 26.2 Å². The minimum atomic E-state index is -4.74. The summed E-state index contributed by atoms with van der Waals surface area (Å²) in [5, 5.41) is 0.434. The van der Waals surface area contributed by atoms with Crippen LogP contribution in [0.1, 0.15) is 38.2 Å². The Morgan fingerprint density at radius 3 is 2.21 bits per heavy atom. The van der Waals surface area contributed by atoms with Crippen molar-refractivity contribution in [3.05, 3.63) is 99.1 Å². The van der Waals surface area contributed by atoms with Crippen molar-refractivity contribution in [1.82, 2.24) is 14.7 Å². The number of rotatable bonds is 7. The fourth-order valence-corrected chi connectivity index (χ4v) is 5.29. The molecule has 9 heteroatoms. The first kappa shape index (κ1) is 26.4. The van der Waals surface area contributed by atoms with Crippen LogP contribution >= 0.6 is 11.6 Å². The first-order chi connectivity index (χ1) is 18.1. The number of aryl methyl sites for hydroxylation is 1. The Kier molecular flexibility index (Phi) is 7.53. The molecular weight excluding hydrogens is 515 g/mol. The number of fused-ring (bicyclic) bond motifs is 1. The van der Waals surface area contributed by atoms with E-state index in [1.807, 2.05) is 19.1 Å². The van der Waals surface area contributed by atoms with Crippen LogP contribution in [0.15, 0.2) is 48.5 Å². The molecule has 1 amide bonds. The molecule has 0 N–H and O–H groups in total. The van der Waals surface area contributed by atoms with Crippen LogP contribution < -0.4 is 4.74 Å². The van der Waals surface area contributed by atoms with Crippen molar-refractivity contribution in [2.75, 3.05) is 26.2 Å². The van der Waals surface area contributed by atoms with Gasteiger partial charge in [-0.2, -0.15) is 0 Å². The van der Waals surface area contributed by atoms with Gasteiger partial charge in [0, 0.05) is 57.9 Å². The fourth-order valence-electron chi connectivity index (χ4n) is 4.95. The molecule has 0 aromatic heterocycles. The van der Waals surface area contributed by atoms with Gasteiger partial charge in [-0.25, -0.2) is 0 Å². The maximum Gasteiger partial charge on any atom is 0.573 e. The van der Waals surface area contributed by atoms with Crippen LogP contribution in [0.4, 0.5) is 13.2 Å². The van der Waals surface area contributed by atoms with Crippen LogP contribution in [0.25, 0.3) is 0 Å². The Hall–Kier alpha value is -3.25. The number of carbonyl (C=O) groups excluding carboxylic acids is 1. The van der Waals surface area contributed by atoms with Gasteiger partial charge in [0.05, 0.1) is 10.6 Å². The lowest BCUT2D eigenvalue weighted by Gasteiger charge is -2.34. The third-order valence-corrected chi connectivity index (χ3v) is 7.14. The lowest BCUT2D eigenvalue weighted by molar-refractivity contribution is -0.274. The summed E-state index contributed by atoms with van der Waals surface area (Å²) in [6.45, 7) is 8.08. The number of alkyl halides is 3. The van der Waals surface area contributed by atoms with Gasteiger partial charge < -0.3 is 9.64 Å². The largest absolute Gasteiger partial charge is 0.573 e. The highest BCUT2D eigenvalue weighted by Gasteiger charge is 2.32. The molecule has 0 atom stereocenters. The van der Waals surface area contributed by atoms with Crippen molar-refractivity contribution in [2.45, 2.75) is 39.5 Å². The van der Waals surface area contributed by atoms with Crippen molar-refractivity contribution in [3.8, 4) is 5.75 Å². The van der Waals surface area contributed by atoms with E-state index in [4.69, 9.17) is 11.6 Å². The van der Waals surface area contributed by atoms with Gasteiger partial charge in [0.2, 0.25) is 0 Å². The Labute approximate surface area is 225 Å². The molecule has 0 saturated carbocycles. The van der Waals surface area contributed by atoms with Crippen molar-refractivity contribution in [2.24, 2.45) is 0 Å². The zero-order valence-electron chi connectivity index (χ0n) is 20.9. The van der Waals surface area contributed by atoms with E-state index in [2.05, 4.69) is 38.8 Å². The monoisotopic (exact) mass is 541 g/mol. The lowest BCUT2D eigenvalue weighted by atomic mass is 10.1. The van der Waals surface area contributed by atoms with E-state index in [0.717, 1.165) is 61.5 Å². The molecule has 1 saturated heterocycles. The molecule has 0 bridgehead atoms. The average molecular weight is 542 g/mol. The number of carbonyl (C=O) groups is 1. The standard InChI is InChI=1S/C29H27ClF3N3O2/c1-20-2-4-21(5-3-20)16-34-10-12-35(13-11-34)17-23-14-24-19-36(28(37)27(24)26(30)15-23)18-22-6-8-25(9-7-22)38-29(31,32)33/h2,4,6-9,14-15H,10-13,16-19H2,1H3. The maximum atomic E-state index is 13.0. The van der Waals surface area contributed by atoms with Crippen molar-refractivity contribution < 1.29 is 22.7 Å². The first-order valence-electron chi connectivity index (χ1n) is 12.4. The van der Waals surface area contributed by atoms with Gasteiger partial charge in [0.25, 0.3) is 5.91 Å². The molecule has 0 spiro atoms. The van der Waals surface area contributed by atoms with E-state index >= 15 is 0 Å². The molecule has 3 aromatic carbocycles. The van der Waals surface area contributed by atoms with Crippen LogP contribution in [-0.4, -0.2) is 53.1 Å². The highest BCUT2D eigenvalue weighted by molar-refractivity contribution is 6.34. The number of hydrogen-bond acceptors (Lipinski definition) is 4. The zero-order chi connectivity index (χ0) is 26.9. The highest BCUT2D eigenvalue weighted by atomic mass is 35.5. The third kappa shape index (κ3) is 6.41. The summed E-state index contributed by atoms with van der Waals surface area (Å²) in [4.78, 5) is 19.5. The average Bonchev–Trinajstić information content (AvgIpc) is 3.17. The van der Waals surface area contributed by atoms with Gasteiger partial charge in [0.1, 0.15) is 5.75 Å². The predicted molar refractivity (Wildman–Crippen MR) is 138 cm³/mol. The third-order valence-electron chi connectivity index (χ3n) is 6.84. The summed E-state index contributed by atoms with van der Waals surface area (Å²) >= 11 is 6.56. The van der Waals surface area contributed by atoms with Crippen LogP contribution in [0.2, 0.25) is 5.02 Å². The van der Waals surface area contributed by atoms with E-state index in [0.29, 0.717) is 22.7 Å². The summed E-state index contributed by atoms with van der Waals surface area (Å²) < 4.78 is 41.1. The number of amides is 1. The van der Waals surface area contributed by atoms with Gasteiger partial charge >= 0.3 is 6.36 Å². The molecule has 198 valence electrons.